The molecule has 0 aliphatic carbocycles. The Kier molecular flexibility index (Phi) is 3.52. The van der Waals surface area contributed by atoms with Gasteiger partial charge in [0, 0.05) is 31.7 Å². The van der Waals surface area contributed by atoms with Crippen LogP contribution < -0.4 is 5.73 Å². The molecular formula is C14H29N3O. The molecule has 2 aliphatic rings. The second-order valence-electron chi connectivity index (χ2n) is 7.39. The van der Waals surface area contributed by atoms with Crippen molar-refractivity contribution in [3.8, 4) is 0 Å². The lowest BCUT2D eigenvalue weighted by Crippen LogP contribution is -2.66. The monoisotopic (exact) mass is 255 g/mol. The molecule has 0 spiro atoms. The number of likely N-dealkylation sites (N-methyl/N-ethyl adjacent to an activating group) is 1. The van der Waals surface area contributed by atoms with Gasteiger partial charge in [-0.05, 0) is 47.7 Å². The Balaban J connectivity index is 2.21. The van der Waals surface area contributed by atoms with Gasteiger partial charge in [-0.25, -0.2) is 0 Å². The quantitative estimate of drug-likeness (QED) is 0.796. The molecule has 2 fully saturated rings. The lowest BCUT2D eigenvalue weighted by molar-refractivity contribution is -0.197. The maximum Gasteiger partial charge on any atom is 0.0761 e. The Hall–Kier alpha value is -0.160. The van der Waals surface area contributed by atoms with Crippen molar-refractivity contribution in [2.75, 3.05) is 39.8 Å². The standard InChI is InChI=1S/C14H29N3O/c1-12(2)9-17(10-13(3,4)18-12)14(8-15)6-7-16(5)11-14/h6-11,15H2,1-5H3. The Labute approximate surface area is 111 Å². The summed E-state index contributed by atoms with van der Waals surface area (Å²) in [4.78, 5) is 4.97. The Morgan fingerprint density at radius 3 is 2.00 bits per heavy atom. The van der Waals surface area contributed by atoms with E-state index in [1.807, 2.05) is 0 Å². The van der Waals surface area contributed by atoms with Crippen LogP contribution in [0.2, 0.25) is 0 Å². The van der Waals surface area contributed by atoms with Crippen molar-refractivity contribution in [1.29, 1.82) is 0 Å². The van der Waals surface area contributed by atoms with Gasteiger partial charge >= 0.3 is 0 Å². The minimum atomic E-state index is -0.0922. The minimum Gasteiger partial charge on any atom is -0.367 e. The summed E-state index contributed by atoms with van der Waals surface area (Å²) in [6, 6.07) is 0. The van der Waals surface area contributed by atoms with Gasteiger partial charge in [-0.3, -0.25) is 4.90 Å². The molecule has 1 unspecified atom stereocenters. The van der Waals surface area contributed by atoms with E-state index in [9.17, 15) is 0 Å². The molecule has 4 nitrogen and oxygen atoms in total. The summed E-state index contributed by atoms with van der Waals surface area (Å²) >= 11 is 0. The maximum atomic E-state index is 6.17. The molecule has 2 heterocycles. The Morgan fingerprint density at radius 2 is 1.61 bits per heavy atom. The van der Waals surface area contributed by atoms with Gasteiger partial charge in [-0.2, -0.15) is 0 Å². The highest BCUT2D eigenvalue weighted by molar-refractivity contribution is 5.04. The predicted molar refractivity (Wildman–Crippen MR) is 74.7 cm³/mol. The molecule has 2 aliphatic heterocycles. The molecule has 0 aromatic rings. The van der Waals surface area contributed by atoms with E-state index in [2.05, 4.69) is 44.5 Å². The van der Waals surface area contributed by atoms with Gasteiger partial charge in [0.1, 0.15) is 0 Å². The molecule has 2 N–H and O–H groups in total. The highest BCUT2D eigenvalue weighted by Gasteiger charge is 2.48. The van der Waals surface area contributed by atoms with Gasteiger partial charge in [-0.1, -0.05) is 0 Å². The summed E-state index contributed by atoms with van der Waals surface area (Å²) in [5, 5.41) is 0. The summed E-state index contributed by atoms with van der Waals surface area (Å²) in [5.74, 6) is 0. The number of morpholine rings is 1. The molecular weight excluding hydrogens is 226 g/mol. The number of rotatable bonds is 2. The third-order valence-corrected chi connectivity index (χ3v) is 4.27. The molecule has 2 saturated heterocycles. The molecule has 0 radical (unpaired) electrons. The Morgan fingerprint density at radius 1 is 1.06 bits per heavy atom. The van der Waals surface area contributed by atoms with Gasteiger partial charge in [0.15, 0.2) is 0 Å². The first kappa shape index (κ1) is 14.3. The predicted octanol–water partition coefficient (Wildman–Crippen LogP) is 0.909. The number of ether oxygens (including phenoxy) is 1. The van der Waals surface area contributed by atoms with Crippen LogP contribution in [0, 0.1) is 0 Å². The van der Waals surface area contributed by atoms with Crippen LogP contribution in [0.5, 0.6) is 0 Å². The lowest BCUT2D eigenvalue weighted by atomic mass is 9.89. The fourth-order valence-corrected chi connectivity index (χ4v) is 3.74. The second-order valence-corrected chi connectivity index (χ2v) is 7.39. The summed E-state index contributed by atoms with van der Waals surface area (Å²) in [6.45, 7) is 13.7. The van der Waals surface area contributed by atoms with Crippen molar-refractivity contribution in [3.63, 3.8) is 0 Å². The molecule has 0 aromatic heterocycles. The van der Waals surface area contributed by atoms with Crippen LogP contribution in [0.4, 0.5) is 0 Å². The summed E-state index contributed by atoms with van der Waals surface area (Å²) in [7, 11) is 2.19. The normalized spacial score (nSPS) is 37.0. The van der Waals surface area contributed by atoms with E-state index in [4.69, 9.17) is 10.5 Å². The minimum absolute atomic E-state index is 0.0922. The van der Waals surface area contributed by atoms with Crippen molar-refractivity contribution in [1.82, 2.24) is 9.80 Å². The van der Waals surface area contributed by atoms with Crippen molar-refractivity contribution in [2.45, 2.75) is 50.9 Å². The average Bonchev–Trinajstić information content (AvgIpc) is 2.56. The number of nitrogens with two attached hydrogens (primary N) is 1. The van der Waals surface area contributed by atoms with E-state index in [0.29, 0.717) is 0 Å². The first-order valence-electron chi connectivity index (χ1n) is 7.02. The number of nitrogens with zero attached hydrogens (tertiary/aromatic N) is 2. The van der Waals surface area contributed by atoms with Crippen LogP contribution in [0.25, 0.3) is 0 Å². The smallest absolute Gasteiger partial charge is 0.0761 e. The largest absolute Gasteiger partial charge is 0.367 e. The molecule has 1 atom stereocenters. The Bertz CT molecular complexity index is 300. The van der Waals surface area contributed by atoms with Crippen molar-refractivity contribution < 1.29 is 4.74 Å². The van der Waals surface area contributed by atoms with Crippen molar-refractivity contribution in [2.24, 2.45) is 5.73 Å². The SMILES string of the molecule is CN1CCC(CN)(N2CC(C)(C)OC(C)(C)C2)C1. The number of likely N-dealkylation sites (tertiary alicyclic amines) is 1. The van der Waals surface area contributed by atoms with Crippen LogP contribution in [0.1, 0.15) is 34.1 Å². The van der Waals surface area contributed by atoms with E-state index in [0.717, 1.165) is 32.7 Å². The van der Waals surface area contributed by atoms with Crippen LogP contribution >= 0.6 is 0 Å². The van der Waals surface area contributed by atoms with E-state index in [1.165, 1.54) is 6.42 Å². The van der Waals surface area contributed by atoms with Gasteiger partial charge < -0.3 is 15.4 Å². The van der Waals surface area contributed by atoms with Gasteiger partial charge in [-0.15, -0.1) is 0 Å². The molecule has 106 valence electrons. The third-order valence-electron chi connectivity index (χ3n) is 4.27. The van der Waals surface area contributed by atoms with Gasteiger partial charge in [0.2, 0.25) is 0 Å². The molecule has 0 amide bonds. The molecule has 2 rings (SSSR count). The van der Waals surface area contributed by atoms with Crippen LogP contribution in [0.3, 0.4) is 0 Å². The molecule has 4 heteroatoms. The molecule has 0 aromatic carbocycles. The lowest BCUT2D eigenvalue weighted by Gasteiger charge is -2.53. The number of hydrogen-bond acceptors (Lipinski definition) is 4. The highest BCUT2D eigenvalue weighted by atomic mass is 16.5. The van der Waals surface area contributed by atoms with E-state index < -0.39 is 0 Å². The zero-order valence-electron chi connectivity index (χ0n) is 12.6. The van der Waals surface area contributed by atoms with Crippen molar-refractivity contribution in [3.05, 3.63) is 0 Å². The van der Waals surface area contributed by atoms with Gasteiger partial charge in [0.25, 0.3) is 0 Å². The second kappa shape index (κ2) is 4.44. The van der Waals surface area contributed by atoms with Crippen LogP contribution in [-0.2, 0) is 4.74 Å². The van der Waals surface area contributed by atoms with Crippen LogP contribution in [0.15, 0.2) is 0 Å². The molecule has 18 heavy (non-hydrogen) atoms. The average molecular weight is 255 g/mol. The third kappa shape index (κ3) is 2.72. The molecule has 0 saturated carbocycles. The van der Waals surface area contributed by atoms with E-state index >= 15 is 0 Å². The first-order valence-corrected chi connectivity index (χ1v) is 7.02. The first-order chi connectivity index (χ1) is 8.18. The van der Waals surface area contributed by atoms with Crippen molar-refractivity contribution >= 4 is 0 Å². The summed E-state index contributed by atoms with van der Waals surface area (Å²) in [6.07, 6.45) is 1.17. The maximum absolute atomic E-state index is 6.17. The van der Waals surface area contributed by atoms with E-state index in [-0.39, 0.29) is 16.7 Å². The highest BCUT2D eigenvalue weighted by Crippen LogP contribution is 2.35. The zero-order valence-corrected chi connectivity index (χ0v) is 12.6. The zero-order chi connectivity index (χ0) is 13.6. The summed E-state index contributed by atoms with van der Waals surface area (Å²) in [5.41, 5.74) is 6.09. The fourth-order valence-electron chi connectivity index (χ4n) is 3.74. The number of hydrogen-bond donors (Lipinski definition) is 1. The fraction of sp³-hybridized carbons (Fsp3) is 1.00. The summed E-state index contributed by atoms with van der Waals surface area (Å²) < 4.78 is 6.17. The van der Waals surface area contributed by atoms with Crippen LogP contribution in [-0.4, -0.2) is 66.3 Å². The van der Waals surface area contributed by atoms with Gasteiger partial charge in [0.05, 0.1) is 11.2 Å². The van der Waals surface area contributed by atoms with E-state index in [1.54, 1.807) is 0 Å². The topological polar surface area (TPSA) is 41.7 Å². The molecule has 0 bridgehead atoms.